The molecule has 0 aliphatic rings. The van der Waals surface area contributed by atoms with E-state index in [-0.39, 0.29) is 12.1 Å². The van der Waals surface area contributed by atoms with Crippen LogP contribution in [0, 0.1) is 17.5 Å². The monoisotopic (exact) mass is 211 g/mol. The van der Waals surface area contributed by atoms with Gasteiger partial charge < -0.3 is 5.21 Å². The molecular formula is C7H5ClF3NO. The van der Waals surface area contributed by atoms with Crippen LogP contribution in [0.2, 0.25) is 5.02 Å². The molecule has 0 unspecified atom stereocenters. The maximum atomic E-state index is 12.9. The van der Waals surface area contributed by atoms with Crippen molar-refractivity contribution in [2.45, 2.75) is 6.54 Å². The topological polar surface area (TPSA) is 32.3 Å². The summed E-state index contributed by atoms with van der Waals surface area (Å²) in [6, 6.07) is 0.625. The molecule has 1 rings (SSSR count). The summed E-state index contributed by atoms with van der Waals surface area (Å²) in [5.41, 5.74) is 1.37. The van der Waals surface area contributed by atoms with Gasteiger partial charge in [0.1, 0.15) is 10.8 Å². The Balaban J connectivity index is 3.24. The fourth-order valence-corrected chi connectivity index (χ4v) is 1.05. The third-order valence-corrected chi connectivity index (χ3v) is 1.78. The Morgan fingerprint density at radius 1 is 1.31 bits per heavy atom. The van der Waals surface area contributed by atoms with E-state index in [2.05, 4.69) is 0 Å². The number of halogens is 4. The molecule has 6 heteroatoms. The highest BCUT2D eigenvalue weighted by molar-refractivity contribution is 6.30. The van der Waals surface area contributed by atoms with Gasteiger partial charge in [0.15, 0.2) is 11.6 Å². The molecule has 0 atom stereocenters. The lowest BCUT2D eigenvalue weighted by atomic mass is 10.2. The largest absolute Gasteiger partial charge is 0.316 e. The van der Waals surface area contributed by atoms with Crippen LogP contribution < -0.4 is 5.48 Å². The normalized spacial score (nSPS) is 10.5. The average Bonchev–Trinajstić information content (AvgIpc) is 2.11. The van der Waals surface area contributed by atoms with Gasteiger partial charge in [-0.15, -0.1) is 0 Å². The number of nitrogens with one attached hydrogen (secondary N) is 1. The molecule has 0 radical (unpaired) electrons. The highest BCUT2D eigenvalue weighted by Gasteiger charge is 2.16. The van der Waals surface area contributed by atoms with Crippen LogP contribution in [0.4, 0.5) is 13.2 Å². The van der Waals surface area contributed by atoms with Crippen LogP contribution in [0.1, 0.15) is 5.56 Å². The Bertz CT molecular complexity index is 332. The fourth-order valence-electron chi connectivity index (χ4n) is 0.836. The molecule has 2 nitrogen and oxygen atoms in total. The van der Waals surface area contributed by atoms with E-state index in [0.717, 1.165) is 0 Å². The third-order valence-electron chi connectivity index (χ3n) is 1.45. The zero-order chi connectivity index (χ0) is 10.0. The molecule has 72 valence electrons. The number of hydrogen-bond donors (Lipinski definition) is 2. The summed E-state index contributed by atoms with van der Waals surface area (Å²) < 4.78 is 38.1. The van der Waals surface area contributed by atoms with E-state index in [1.54, 1.807) is 5.48 Å². The zero-order valence-electron chi connectivity index (χ0n) is 6.24. The lowest BCUT2D eigenvalue weighted by molar-refractivity contribution is 0.159. The highest BCUT2D eigenvalue weighted by Crippen LogP contribution is 2.24. The Morgan fingerprint density at radius 2 is 1.92 bits per heavy atom. The van der Waals surface area contributed by atoms with E-state index in [9.17, 15) is 13.2 Å². The van der Waals surface area contributed by atoms with Gasteiger partial charge in [-0.05, 0) is 6.07 Å². The van der Waals surface area contributed by atoms with Crippen LogP contribution in [-0.2, 0) is 6.54 Å². The summed E-state index contributed by atoms with van der Waals surface area (Å²) in [5, 5.41) is 7.31. The van der Waals surface area contributed by atoms with E-state index in [0.29, 0.717) is 6.07 Å². The number of rotatable bonds is 2. The molecule has 0 spiro atoms. The molecule has 0 saturated carbocycles. The molecular weight excluding hydrogens is 207 g/mol. The Hall–Kier alpha value is -0.780. The van der Waals surface area contributed by atoms with E-state index < -0.39 is 22.5 Å². The van der Waals surface area contributed by atoms with Crippen LogP contribution in [0.25, 0.3) is 0 Å². The highest BCUT2D eigenvalue weighted by atomic mass is 35.5. The summed E-state index contributed by atoms with van der Waals surface area (Å²) in [7, 11) is 0. The molecule has 0 amide bonds. The molecule has 2 N–H and O–H groups in total. The van der Waals surface area contributed by atoms with Crippen molar-refractivity contribution in [3.05, 3.63) is 34.1 Å². The van der Waals surface area contributed by atoms with Crippen molar-refractivity contribution in [3.8, 4) is 0 Å². The Kier molecular flexibility index (Phi) is 3.13. The number of hydrogen-bond acceptors (Lipinski definition) is 2. The second-order valence-corrected chi connectivity index (χ2v) is 2.67. The first-order valence-corrected chi connectivity index (χ1v) is 3.64. The van der Waals surface area contributed by atoms with Gasteiger partial charge in [-0.1, -0.05) is 11.6 Å². The first-order chi connectivity index (χ1) is 6.07. The molecule has 0 fully saturated rings. The molecule has 0 saturated heterocycles. The quantitative estimate of drug-likeness (QED) is 0.447. The molecule has 0 bridgehead atoms. The summed E-state index contributed by atoms with van der Waals surface area (Å²) in [6.45, 7) is -0.344. The third kappa shape index (κ3) is 1.93. The average molecular weight is 212 g/mol. The maximum Gasteiger partial charge on any atom is 0.180 e. The summed E-state index contributed by atoms with van der Waals surface area (Å²) in [6.07, 6.45) is 0. The molecule has 0 aromatic heterocycles. The fraction of sp³-hybridized carbons (Fsp3) is 0.143. The second kappa shape index (κ2) is 3.95. The van der Waals surface area contributed by atoms with Gasteiger partial charge >= 0.3 is 0 Å². The molecule has 1 aromatic rings. The Morgan fingerprint density at radius 3 is 2.46 bits per heavy atom. The Labute approximate surface area is 76.9 Å². The minimum absolute atomic E-state index is 0.244. The molecule has 0 heterocycles. The SMILES string of the molecule is ONCc1cc(F)c(F)c(Cl)c1F. The predicted octanol–water partition coefficient (Wildman–Crippen LogP) is 2.24. The molecule has 0 aliphatic heterocycles. The van der Waals surface area contributed by atoms with Gasteiger partial charge in [-0.3, -0.25) is 0 Å². The standard InChI is InChI=1S/C7H5ClF3NO/c8-5-6(10)3(2-12-13)1-4(9)7(5)11/h1,12-13H,2H2. The zero-order valence-corrected chi connectivity index (χ0v) is 7.00. The first kappa shape index (κ1) is 10.3. The van der Waals surface area contributed by atoms with Crippen LogP contribution in [0.3, 0.4) is 0 Å². The predicted molar refractivity (Wildman–Crippen MR) is 40.0 cm³/mol. The van der Waals surface area contributed by atoms with Crippen molar-refractivity contribution in [1.82, 2.24) is 5.48 Å². The van der Waals surface area contributed by atoms with Crippen molar-refractivity contribution < 1.29 is 18.4 Å². The number of benzene rings is 1. The smallest absolute Gasteiger partial charge is 0.180 e. The minimum Gasteiger partial charge on any atom is -0.316 e. The minimum atomic E-state index is -1.43. The van der Waals surface area contributed by atoms with Crippen molar-refractivity contribution in [1.29, 1.82) is 0 Å². The van der Waals surface area contributed by atoms with Gasteiger partial charge in [0.25, 0.3) is 0 Å². The van der Waals surface area contributed by atoms with Gasteiger partial charge in [0, 0.05) is 12.1 Å². The lowest BCUT2D eigenvalue weighted by Crippen LogP contribution is -2.09. The maximum absolute atomic E-state index is 12.9. The van der Waals surface area contributed by atoms with Crippen molar-refractivity contribution in [3.63, 3.8) is 0 Å². The second-order valence-electron chi connectivity index (χ2n) is 2.29. The van der Waals surface area contributed by atoms with Crippen LogP contribution in [0.5, 0.6) is 0 Å². The van der Waals surface area contributed by atoms with E-state index in [1.165, 1.54) is 0 Å². The first-order valence-electron chi connectivity index (χ1n) is 3.26. The van der Waals surface area contributed by atoms with Crippen LogP contribution >= 0.6 is 11.6 Å². The van der Waals surface area contributed by atoms with E-state index in [4.69, 9.17) is 16.8 Å². The van der Waals surface area contributed by atoms with E-state index >= 15 is 0 Å². The summed E-state index contributed by atoms with van der Waals surface area (Å²) >= 11 is 5.12. The number of hydroxylamine groups is 1. The van der Waals surface area contributed by atoms with Crippen LogP contribution in [-0.4, -0.2) is 5.21 Å². The van der Waals surface area contributed by atoms with Crippen molar-refractivity contribution in [2.75, 3.05) is 0 Å². The van der Waals surface area contributed by atoms with Gasteiger partial charge in [0.2, 0.25) is 0 Å². The molecule has 1 aromatic carbocycles. The van der Waals surface area contributed by atoms with Gasteiger partial charge in [-0.2, -0.15) is 0 Å². The molecule has 0 aliphatic carbocycles. The molecule has 13 heavy (non-hydrogen) atoms. The van der Waals surface area contributed by atoms with E-state index in [1.807, 2.05) is 0 Å². The van der Waals surface area contributed by atoms with Gasteiger partial charge in [-0.25, -0.2) is 18.7 Å². The van der Waals surface area contributed by atoms with Crippen LogP contribution in [0.15, 0.2) is 6.07 Å². The van der Waals surface area contributed by atoms with Crippen molar-refractivity contribution >= 4 is 11.6 Å². The summed E-state index contributed by atoms with van der Waals surface area (Å²) in [4.78, 5) is 0. The summed E-state index contributed by atoms with van der Waals surface area (Å²) in [5.74, 6) is -3.76. The lowest BCUT2D eigenvalue weighted by Gasteiger charge is -2.04. The van der Waals surface area contributed by atoms with Crippen molar-refractivity contribution in [2.24, 2.45) is 0 Å². The van der Waals surface area contributed by atoms with Gasteiger partial charge in [0.05, 0.1) is 0 Å².